The number of ether oxygens (including phenoxy) is 1. The number of carbonyl (C=O) groups excluding carboxylic acids is 2. The summed E-state index contributed by atoms with van der Waals surface area (Å²) in [7, 11) is 1.37. The van der Waals surface area contributed by atoms with Gasteiger partial charge in [-0.2, -0.15) is 0 Å². The Morgan fingerprint density at radius 3 is 2.23 bits per heavy atom. The molecule has 0 bridgehead atoms. The third-order valence-electron chi connectivity index (χ3n) is 1.64. The lowest BCUT2D eigenvalue weighted by Gasteiger charge is -2.04. The van der Waals surface area contributed by atoms with Crippen LogP contribution in [0.4, 0.5) is 0 Å². The molecule has 0 spiro atoms. The maximum Gasteiger partial charge on any atom is 0.161 e. The number of carbonyl (C=O) groups is 2. The van der Waals surface area contributed by atoms with Gasteiger partial charge in [0, 0.05) is 11.1 Å². The molecule has 0 unspecified atom stereocenters. The largest absolute Gasteiger partial charge is 0.504 e. The molecule has 0 aliphatic rings. The van der Waals surface area contributed by atoms with Gasteiger partial charge in [0.25, 0.3) is 0 Å². The smallest absolute Gasteiger partial charge is 0.161 e. The Bertz CT molecular complexity index is 344. The molecule has 0 aliphatic heterocycles. The van der Waals surface area contributed by atoms with Crippen LogP contribution in [0, 0.1) is 0 Å². The van der Waals surface area contributed by atoms with E-state index < -0.39 is 0 Å². The summed E-state index contributed by atoms with van der Waals surface area (Å²) in [5.74, 6) is 0.0166. The van der Waals surface area contributed by atoms with Crippen LogP contribution in [0.5, 0.6) is 11.5 Å². The normalized spacial score (nSPS) is 9.31. The van der Waals surface area contributed by atoms with E-state index in [0.29, 0.717) is 12.6 Å². The number of hydrogen-bond acceptors (Lipinski definition) is 4. The Labute approximate surface area is 74.8 Å². The van der Waals surface area contributed by atoms with Crippen molar-refractivity contribution in [3.05, 3.63) is 23.3 Å². The van der Waals surface area contributed by atoms with Crippen LogP contribution in [0.2, 0.25) is 0 Å². The fourth-order valence-electron chi connectivity index (χ4n) is 0.968. The van der Waals surface area contributed by atoms with Crippen molar-refractivity contribution in [3.63, 3.8) is 0 Å². The quantitative estimate of drug-likeness (QED) is 0.705. The van der Waals surface area contributed by atoms with Crippen LogP contribution in [0.1, 0.15) is 20.7 Å². The molecule has 0 aromatic heterocycles. The molecule has 0 aliphatic carbocycles. The summed E-state index contributed by atoms with van der Waals surface area (Å²) >= 11 is 0. The van der Waals surface area contributed by atoms with Gasteiger partial charge in [-0.05, 0) is 12.1 Å². The predicted octanol–water partition coefficient (Wildman–Crippen LogP) is 1.03. The molecular formula is C9H8O4. The van der Waals surface area contributed by atoms with E-state index >= 15 is 0 Å². The highest BCUT2D eigenvalue weighted by molar-refractivity contribution is 5.91. The number of hydrogen-bond donors (Lipinski definition) is 1. The van der Waals surface area contributed by atoms with E-state index in [9.17, 15) is 14.7 Å². The third-order valence-corrected chi connectivity index (χ3v) is 1.64. The van der Waals surface area contributed by atoms with Crippen LogP contribution in [-0.4, -0.2) is 24.8 Å². The number of phenolic OH excluding ortho intramolecular Hbond substituents is 1. The highest BCUT2D eigenvalue weighted by Crippen LogP contribution is 2.27. The summed E-state index contributed by atoms with van der Waals surface area (Å²) in [6.45, 7) is 0. The second-order valence-electron chi connectivity index (χ2n) is 2.39. The fraction of sp³-hybridized carbons (Fsp3) is 0.111. The van der Waals surface area contributed by atoms with E-state index in [0.717, 1.165) is 0 Å². The first-order valence-corrected chi connectivity index (χ1v) is 3.54. The lowest BCUT2D eigenvalue weighted by Crippen LogP contribution is -1.93. The van der Waals surface area contributed by atoms with Gasteiger partial charge in [-0.25, -0.2) is 0 Å². The predicted molar refractivity (Wildman–Crippen MR) is 45.4 cm³/mol. The molecule has 0 heterocycles. The molecule has 0 amide bonds. The lowest BCUT2D eigenvalue weighted by molar-refractivity contribution is 0.109. The van der Waals surface area contributed by atoms with Crippen molar-refractivity contribution in [1.82, 2.24) is 0 Å². The third kappa shape index (κ3) is 1.66. The minimum atomic E-state index is -0.157. The molecule has 1 aromatic rings. The van der Waals surface area contributed by atoms with Gasteiger partial charge in [-0.3, -0.25) is 9.59 Å². The van der Waals surface area contributed by atoms with E-state index in [4.69, 9.17) is 4.74 Å². The van der Waals surface area contributed by atoms with Crippen LogP contribution < -0.4 is 4.74 Å². The highest BCUT2D eigenvalue weighted by atomic mass is 16.5. The standard InChI is InChI=1S/C9H8O4/c1-13-9-3-7(5-11)6(4-10)2-8(9)12/h2-5,12H,1H3. The summed E-state index contributed by atoms with van der Waals surface area (Å²) < 4.78 is 4.76. The summed E-state index contributed by atoms with van der Waals surface area (Å²) in [6.07, 6.45) is 1.04. The molecule has 1 N–H and O–H groups in total. The Balaban J connectivity index is 3.34. The zero-order valence-electron chi connectivity index (χ0n) is 6.98. The first-order chi connectivity index (χ1) is 6.22. The van der Waals surface area contributed by atoms with Crippen molar-refractivity contribution in [2.45, 2.75) is 0 Å². The van der Waals surface area contributed by atoms with E-state index in [2.05, 4.69) is 0 Å². The Morgan fingerprint density at radius 1 is 1.23 bits per heavy atom. The van der Waals surface area contributed by atoms with E-state index in [1.807, 2.05) is 0 Å². The Kier molecular flexibility index (Phi) is 2.64. The fourth-order valence-corrected chi connectivity index (χ4v) is 0.968. The number of methoxy groups -OCH3 is 1. The first kappa shape index (κ1) is 9.25. The van der Waals surface area contributed by atoms with E-state index in [1.54, 1.807) is 0 Å². The molecule has 68 valence electrons. The number of phenols is 1. The monoisotopic (exact) mass is 180 g/mol. The van der Waals surface area contributed by atoms with Gasteiger partial charge in [0.2, 0.25) is 0 Å². The molecule has 13 heavy (non-hydrogen) atoms. The van der Waals surface area contributed by atoms with Crippen LogP contribution >= 0.6 is 0 Å². The van der Waals surface area contributed by atoms with Crippen LogP contribution in [0.25, 0.3) is 0 Å². The maximum atomic E-state index is 10.5. The second-order valence-corrected chi connectivity index (χ2v) is 2.39. The van der Waals surface area contributed by atoms with Gasteiger partial charge < -0.3 is 9.84 Å². The molecule has 4 heteroatoms. The van der Waals surface area contributed by atoms with Crippen molar-refractivity contribution >= 4 is 12.6 Å². The summed E-state index contributed by atoms with van der Waals surface area (Å²) in [4.78, 5) is 20.9. The lowest BCUT2D eigenvalue weighted by atomic mass is 10.1. The Morgan fingerprint density at radius 2 is 1.77 bits per heavy atom. The molecule has 0 fully saturated rings. The maximum absolute atomic E-state index is 10.5. The van der Waals surface area contributed by atoms with Gasteiger partial charge in [-0.1, -0.05) is 0 Å². The first-order valence-electron chi connectivity index (χ1n) is 3.54. The molecular weight excluding hydrogens is 172 g/mol. The Hall–Kier alpha value is -1.84. The number of benzene rings is 1. The van der Waals surface area contributed by atoms with Gasteiger partial charge >= 0.3 is 0 Å². The van der Waals surface area contributed by atoms with Crippen molar-refractivity contribution in [2.75, 3.05) is 7.11 Å². The minimum absolute atomic E-state index is 0.147. The van der Waals surface area contributed by atoms with Crippen LogP contribution in [0.15, 0.2) is 12.1 Å². The average Bonchev–Trinajstić information content (AvgIpc) is 2.17. The van der Waals surface area contributed by atoms with Gasteiger partial charge in [0.15, 0.2) is 24.1 Å². The number of aromatic hydroxyl groups is 1. The molecule has 0 saturated heterocycles. The van der Waals surface area contributed by atoms with Crippen molar-refractivity contribution < 1.29 is 19.4 Å². The highest BCUT2D eigenvalue weighted by Gasteiger charge is 2.07. The second kappa shape index (κ2) is 3.71. The SMILES string of the molecule is COc1cc(C=O)c(C=O)cc1O. The molecule has 1 aromatic carbocycles. The average molecular weight is 180 g/mol. The molecule has 4 nitrogen and oxygen atoms in total. The van der Waals surface area contributed by atoms with Gasteiger partial charge in [0.1, 0.15) is 0 Å². The van der Waals surface area contributed by atoms with Crippen molar-refractivity contribution in [1.29, 1.82) is 0 Å². The van der Waals surface area contributed by atoms with E-state index in [1.165, 1.54) is 19.2 Å². The number of aldehydes is 2. The summed E-state index contributed by atoms with van der Waals surface area (Å²) in [5, 5.41) is 9.24. The van der Waals surface area contributed by atoms with E-state index in [-0.39, 0.29) is 22.6 Å². The molecule has 1 rings (SSSR count). The molecule has 0 atom stereocenters. The topological polar surface area (TPSA) is 63.6 Å². The summed E-state index contributed by atoms with van der Waals surface area (Å²) in [6, 6.07) is 2.50. The van der Waals surface area contributed by atoms with Crippen LogP contribution in [0.3, 0.4) is 0 Å². The zero-order valence-corrected chi connectivity index (χ0v) is 6.98. The molecule has 0 radical (unpaired) electrons. The molecule has 0 saturated carbocycles. The zero-order chi connectivity index (χ0) is 9.84. The minimum Gasteiger partial charge on any atom is -0.504 e. The van der Waals surface area contributed by atoms with Gasteiger partial charge in [-0.15, -0.1) is 0 Å². The van der Waals surface area contributed by atoms with Gasteiger partial charge in [0.05, 0.1) is 7.11 Å². The van der Waals surface area contributed by atoms with Crippen molar-refractivity contribution in [2.24, 2.45) is 0 Å². The number of rotatable bonds is 3. The van der Waals surface area contributed by atoms with Crippen molar-refractivity contribution in [3.8, 4) is 11.5 Å². The summed E-state index contributed by atoms with van der Waals surface area (Å²) in [5.41, 5.74) is 0.345. The van der Waals surface area contributed by atoms with Crippen LogP contribution in [-0.2, 0) is 0 Å².